The number of rotatable bonds is 6. The molecule has 6 nitrogen and oxygen atoms in total. The summed E-state index contributed by atoms with van der Waals surface area (Å²) in [7, 11) is 1.65. The molecule has 1 aliphatic heterocycles. The molecular weight excluding hydrogens is 340 g/mol. The van der Waals surface area contributed by atoms with Crippen LogP contribution in [0.4, 0.5) is 5.69 Å². The van der Waals surface area contributed by atoms with Crippen molar-refractivity contribution in [2.75, 3.05) is 25.1 Å². The Kier molecular flexibility index (Phi) is 6.30. The summed E-state index contributed by atoms with van der Waals surface area (Å²) >= 11 is 0. The topological polar surface area (TPSA) is 66.0 Å². The second-order valence-electron chi connectivity index (χ2n) is 6.43. The zero-order chi connectivity index (χ0) is 19.1. The maximum absolute atomic E-state index is 12.4. The molecule has 0 aromatic heterocycles. The molecule has 6 heteroatoms. The minimum Gasteiger partial charge on any atom is -0.497 e. The van der Waals surface area contributed by atoms with Gasteiger partial charge < -0.3 is 20.3 Å². The van der Waals surface area contributed by atoms with Gasteiger partial charge in [-0.25, -0.2) is 4.99 Å². The maximum atomic E-state index is 12.4. The van der Waals surface area contributed by atoms with Crippen LogP contribution >= 0.6 is 0 Å². The Morgan fingerprint density at radius 2 is 1.93 bits per heavy atom. The summed E-state index contributed by atoms with van der Waals surface area (Å²) in [6.45, 7) is 3.98. The van der Waals surface area contributed by atoms with Crippen LogP contribution in [0.1, 0.15) is 18.9 Å². The monoisotopic (exact) mass is 366 g/mol. The fraction of sp³-hybridized carbons (Fsp3) is 0.333. The molecule has 2 aromatic rings. The number of methoxy groups -OCH3 is 1. The predicted molar refractivity (Wildman–Crippen MR) is 108 cm³/mol. The second-order valence-corrected chi connectivity index (χ2v) is 6.43. The Hall–Kier alpha value is -3.02. The van der Waals surface area contributed by atoms with E-state index in [9.17, 15) is 4.79 Å². The largest absolute Gasteiger partial charge is 0.497 e. The average Bonchev–Trinajstić information content (AvgIpc) is 3.07. The van der Waals surface area contributed by atoms with Crippen molar-refractivity contribution >= 4 is 17.6 Å². The van der Waals surface area contributed by atoms with E-state index in [1.807, 2.05) is 66.4 Å². The van der Waals surface area contributed by atoms with Gasteiger partial charge in [-0.15, -0.1) is 0 Å². The molecule has 1 aliphatic rings. The van der Waals surface area contributed by atoms with Gasteiger partial charge in [-0.1, -0.05) is 30.3 Å². The van der Waals surface area contributed by atoms with E-state index in [-0.39, 0.29) is 11.9 Å². The Bertz CT molecular complexity index is 775. The highest BCUT2D eigenvalue weighted by Crippen LogP contribution is 2.21. The van der Waals surface area contributed by atoms with Gasteiger partial charge in [-0.2, -0.15) is 0 Å². The summed E-state index contributed by atoms with van der Waals surface area (Å²) in [6.07, 6.45) is 0.460. The standard InChI is InChI=1S/C21H26N4O2/c1-3-22-21(23-14-16-9-11-19(27-2)12-10-16)24-17-13-20(26)25(15-17)18-7-5-4-6-8-18/h4-12,17H,3,13-15H2,1-2H3,(H2,22,23,24). The van der Waals surface area contributed by atoms with Crippen molar-refractivity contribution in [1.29, 1.82) is 0 Å². The first-order chi connectivity index (χ1) is 13.2. The van der Waals surface area contributed by atoms with E-state index in [1.54, 1.807) is 7.11 Å². The van der Waals surface area contributed by atoms with Gasteiger partial charge in [-0.3, -0.25) is 4.79 Å². The Balaban J connectivity index is 1.62. The number of hydrogen-bond acceptors (Lipinski definition) is 3. The molecule has 1 amide bonds. The highest BCUT2D eigenvalue weighted by atomic mass is 16.5. The van der Waals surface area contributed by atoms with Gasteiger partial charge in [0.15, 0.2) is 5.96 Å². The number of para-hydroxylation sites is 1. The molecule has 142 valence electrons. The summed E-state index contributed by atoms with van der Waals surface area (Å²) < 4.78 is 5.18. The van der Waals surface area contributed by atoms with E-state index < -0.39 is 0 Å². The predicted octanol–water partition coefficient (Wildman–Crippen LogP) is 2.56. The third-order valence-electron chi connectivity index (χ3n) is 4.46. The van der Waals surface area contributed by atoms with Crippen LogP contribution in [-0.2, 0) is 11.3 Å². The highest BCUT2D eigenvalue weighted by Gasteiger charge is 2.30. The lowest BCUT2D eigenvalue weighted by atomic mass is 10.2. The summed E-state index contributed by atoms with van der Waals surface area (Å²) in [5, 5.41) is 6.65. The van der Waals surface area contributed by atoms with Crippen LogP contribution in [0.15, 0.2) is 59.6 Å². The molecule has 1 fully saturated rings. The van der Waals surface area contributed by atoms with Gasteiger partial charge in [0.05, 0.1) is 19.7 Å². The molecule has 0 radical (unpaired) electrons. The molecule has 27 heavy (non-hydrogen) atoms. The zero-order valence-corrected chi connectivity index (χ0v) is 15.8. The van der Waals surface area contributed by atoms with Crippen LogP contribution in [-0.4, -0.2) is 38.1 Å². The van der Waals surface area contributed by atoms with Gasteiger partial charge in [0.25, 0.3) is 0 Å². The van der Waals surface area contributed by atoms with Gasteiger partial charge in [0, 0.05) is 25.2 Å². The number of anilines is 1. The normalized spacial score (nSPS) is 17.1. The number of guanidine groups is 1. The number of benzene rings is 2. The molecule has 0 bridgehead atoms. The molecule has 3 rings (SSSR count). The van der Waals surface area contributed by atoms with E-state index in [1.165, 1.54) is 0 Å². The SMILES string of the molecule is CCNC(=NCc1ccc(OC)cc1)NC1CC(=O)N(c2ccccc2)C1. The van der Waals surface area contributed by atoms with Crippen LogP contribution in [0.5, 0.6) is 5.75 Å². The van der Waals surface area contributed by atoms with Crippen LogP contribution in [0.3, 0.4) is 0 Å². The van der Waals surface area contributed by atoms with E-state index in [0.29, 0.717) is 19.5 Å². The zero-order valence-electron chi connectivity index (χ0n) is 15.8. The number of ether oxygens (including phenoxy) is 1. The molecule has 2 aromatic carbocycles. The number of carbonyl (C=O) groups excluding carboxylic acids is 1. The fourth-order valence-electron chi connectivity index (χ4n) is 3.08. The summed E-state index contributed by atoms with van der Waals surface area (Å²) in [5.74, 6) is 1.68. The molecular formula is C21H26N4O2. The minimum atomic E-state index is 0.0337. The average molecular weight is 366 g/mol. The van der Waals surface area contributed by atoms with E-state index in [0.717, 1.165) is 29.5 Å². The van der Waals surface area contributed by atoms with Crippen molar-refractivity contribution in [3.63, 3.8) is 0 Å². The summed E-state index contributed by atoms with van der Waals surface area (Å²) in [6, 6.07) is 17.7. The number of amides is 1. The van der Waals surface area contributed by atoms with Crippen molar-refractivity contribution in [3.8, 4) is 5.75 Å². The molecule has 0 saturated carbocycles. The first-order valence-electron chi connectivity index (χ1n) is 9.22. The lowest BCUT2D eigenvalue weighted by molar-refractivity contribution is -0.117. The number of nitrogens with one attached hydrogen (secondary N) is 2. The molecule has 2 N–H and O–H groups in total. The van der Waals surface area contributed by atoms with Gasteiger partial charge in [0.2, 0.25) is 5.91 Å². The first kappa shape index (κ1) is 18.8. The number of nitrogens with zero attached hydrogens (tertiary/aromatic N) is 2. The van der Waals surface area contributed by atoms with E-state index in [4.69, 9.17) is 4.74 Å². The molecule has 1 heterocycles. The van der Waals surface area contributed by atoms with Crippen molar-refractivity contribution < 1.29 is 9.53 Å². The lowest BCUT2D eigenvalue weighted by Gasteiger charge is -2.19. The van der Waals surface area contributed by atoms with Crippen molar-refractivity contribution in [2.24, 2.45) is 4.99 Å². The first-order valence-corrected chi connectivity index (χ1v) is 9.22. The van der Waals surface area contributed by atoms with Gasteiger partial charge >= 0.3 is 0 Å². The second kappa shape index (κ2) is 9.07. The molecule has 0 spiro atoms. The molecule has 0 aliphatic carbocycles. The quantitative estimate of drug-likeness (QED) is 0.609. The van der Waals surface area contributed by atoms with Gasteiger partial charge in [0.1, 0.15) is 5.75 Å². The van der Waals surface area contributed by atoms with E-state index >= 15 is 0 Å². The van der Waals surface area contributed by atoms with Gasteiger partial charge in [-0.05, 0) is 36.8 Å². The molecule has 1 atom stereocenters. The third kappa shape index (κ3) is 5.00. The van der Waals surface area contributed by atoms with Crippen LogP contribution in [0.25, 0.3) is 0 Å². The van der Waals surface area contributed by atoms with Crippen LogP contribution < -0.4 is 20.3 Å². The fourth-order valence-corrected chi connectivity index (χ4v) is 3.08. The molecule has 1 saturated heterocycles. The van der Waals surface area contributed by atoms with Crippen molar-refractivity contribution in [2.45, 2.75) is 25.9 Å². The third-order valence-corrected chi connectivity index (χ3v) is 4.46. The smallest absolute Gasteiger partial charge is 0.229 e. The Morgan fingerprint density at radius 3 is 2.59 bits per heavy atom. The highest BCUT2D eigenvalue weighted by molar-refractivity contribution is 5.97. The lowest BCUT2D eigenvalue weighted by Crippen LogP contribution is -2.44. The van der Waals surface area contributed by atoms with Crippen molar-refractivity contribution in [3.05, 3.63) is 60.2 Å². The Morgan fingerprint density at radius 1 is 1.19 bits per heavy atom. The summed E-state index contributed by atoms with van der Waals surface area (Å²) in [4.78, 5) is 18.9. The van der Waals surface area contributed by atoms with Crippen LogP contribution in [0.2, 0.25) is 0 Å². The molecule has 1 unspecified atom stereocenters. The minimum absolute atomic E-state index is 0.0337. The number of carbonyl (C=O) groups is 1. The maximum Gasteiger partial charge on any atom is 0.229 e. The summed E-state index contributed by atoms with van der Waals surface area (Å²) in [5.41, 5.74) is 2.04. The van der Waals surface area contributed by atoms with E-state index in [2.05, 4.69) is 15.6 Å². The van der Waals surface area contributed by atoms with Crippen LogP contribution in [0, 0.1) is 0 Å². The number of aliphatic imine (C=N–C) groups is 1. The number of hydrogen-bond donors (Lipinski definition) is 2. The Labute approximate surface area is 160 Å². The van der Waals surface area contributed by atoms with Crippen molar-refractivity contribution in [1.82, 2.24) is 10.6 Å².